The monoisotopic (exact) mass is 439 g/mol. The van der Waals surface area contributed by atoms with Gasteiger partial charge in [0.2, 0.25) is 0 Å². The SMILES string of the molecule is COCCC1CC2CC3c4[nH]c5ccc(OC(=O)CCCN(C)C)cc5c4CCN(C2)C13. The molecule has 1 aromatic carbocycles. The number of hydrogen-bond donors (Lipinski definition) is 1. The van der Waals surface area contributed by atoms with Gasteiger partial charge >= 0.3 is 5.97 Å². The van der Waals surface area contributed by atoms with E-state index >= 15 is 0 Å². The summed E-state index contributed by atoms with van der Waals surface area (Å²) in [6.07, 6.45) is 6.13. The highest BCUT2D eigenvalue weighted by molar-refractivity contribution is 5.87. The molecule has 0 radical (unpaired) electrons. The quantitative estimate of drug-likeness (QED) is 0.501. The zero-order valence-electron chi connectivity index (χ0n) is 19.7. The van der Waals surface area contributed by atoms with Gasteiger partial charge in [0.15, 0.2) is 0 Å². The average Bonchev–Trinajstić information content (AvgIpc) is 3.08. The summed E-state index contributed by atoms with van der Waals surface area (Å²) in [5, 5.41) is 1.23. The topological polar surface area (TPSA) is 57.8 Å². The van der Waals surface area contributed by atoms with Crippen LogP contribution in [0.15, 0.2) is 18.2 Å². The minimum absolute atomic E-state index is 0.145. The van der Waals surface area contributed by atoms with Gasteiger partial charge in [-0.25, -0.2) is 0 Å². The molecule has 6 rings (SSSR count). The molecule has 2 aromatic rings. The molecule has 1 saturated carbocycles. The Kier molecular flexibility index (Phi) is 6.28. The van der Waals surface area contributed by atoms with Gasteiger partial charge in [-0.15, -0.1) is 0 Å². The summed E-state index contributed by atoms with van der Waals surface area (Å²) in [6.45, 7) is 4.13. The van der Waals surface area contributed by atoms with Crippen LogP contribution in [0.4, 0.5) is 0 Å². The molecule has 4 aliphatic rings. The number of fused-ring (bicyclic) bond motifs is 4. The molecule has 0 amide bonds. The number of nitrogens with one attached hydrogen (secondary N) is 1. The third-order valence-electron chi connectivity index (χ3n) is 7.87. The fourth-order valence-corrected chi connectivity index (χ4v) is 6.61. The molecule has 6 heteroatoms. The summed E-state index contributed by atoms with van der Waals surface area (Å²) in [5.74, 6) is 2.62. The predicted molar refractivity (Wildman–Crippen MR) is 126 cm³/mol. The fourth-order valence-electron chi connectivity index (χ4n) is 6.61. The first kappa shape index (κ1) is 21.9. The van der Waals surface area contributed by atoms with Crippen LogP contribution in [0, 0.1) is 11.8 Å². The largest absolute Gasteiger partial charge is 0.427 e. The van der Waals surface area contributed by atoms with Gasteiger partial charge in [-0.2, -0.15) is 0 Å². The molecular weight excluding hydrogens is 402 g/mol. The van der Waals surface area contributed by atoms with Crippen molar-refractivity contribution in [1.29, 1.82) is 0 Å². The van der Waals surface area contributed by atoms with Crippen LogP contribution in [0.25, 0.3) is 10.9 Å². The molecule has 6 nitrogen and oxygen atoms in total. The van der Waals surface area contributed by atoms with Crippen molar-refractivity contribution in [1.82, 2.24) is 14.8 Å². The number of piperidine rings is 2. The summed E-state index contributed by atoms with van der Waals surface area (Å²) in [7, 11) is 5.86. The number of aromatic amines is 1. The van der Waals surface area contributed by atoms with E-state index in [0.29, 0.717) is 24.1 Å². The van der Waals surface area contributed by atoms with Crippen molar-refractivity contribution in [3.8, 4) is 5.75 Å². The van der Waals surface area contributed by atoms with Gasteiger partial charge in [0.05, 0.1) is 0 Å². The van der Waals surface area contributed by atoms with Crippen molar-refractivity contribution in [2.75, 3.05) is 47.4 Å². The van der Waals surface area contributed by atoms with Crippen LogP contribution in [-0.2, 0) is 16.0 Å². The van der Waals surface area contributed by atoms with Gasteiger partial charge < -0.3 is 19.4 Å². The minimum Gasteiger partial charge on any atom is -0.427 e. The number of esters is 1. The van der Waals surface area contributed by atoms with Crippen LogP contribution in [-0.4, -0.2) is 74.2 Å². The van der Waals surface area contributed by atoms with Gasteiger partial charge in [-0.1, -0.05) is 0 Å². The number of hydrogen-bond acceptors (Lipinski definition) is 5. The van der Waals surface area contributed by atoms with Crippen LogP contribution in [0.2, 0.25) is 0 Å². The van der Waals surface area contributed by atoms with Crippen molar-refractivity contribution in [2.45, 2.75) is 50.5 Å². The molecule has 174 valence electrons. The molecule has 1 aliphatic carbocycles. The summed E-state index contributed by atoms with van der Waals surface area (Å²) in [5.41, 5.74) is 4.05. The number of nitrogens with zero attached hydrogens (tertiary/aromatic N) is 2. The van der Waals surface area contributed by atoms with Crippen molar-refractivity contribution in [2.24, 2.45) is 11.8 Å². The van der Waals surface area contributed by atoms with Crippen LogP contribution in [0.1, 0.15) is 49.3 Å². The Balaban J connectivity index is 1.38. The van der Waals surface area contributed by atoms with Gasteiger partial charge in [-0.05, 0) is 88.3 Å². The van der Waals surface area contributed by atoms with Gasteiger partial charge in [0.25, 0.3) is 0 Å². The first-order valence-electron chi connectivity index (χ1n) is 12.3. The molecule has 32 heavy (non-hydrogen) atoms. The lowest BCUT2D eigenvalue weighted by Gasteiger charge is -2.53. The Morgan fingerprint density at radius 2 is 2.16 bits per heavy atom. The van der Waals surface area contributed by atoms with Gasteiger partial charge in [0, 0.05) is 61.8 Å². The summed E-state index contributed by atoms with van der Waals surface area (Å²) >= 11 is 0. The van der Waals surface area contributed by atoms with E-state index in [0.717, 1.165) is 50.8 Å². The smallest absolute Gasteiger partial charge is 0.311 e. The number of carbonyl (C=O) groups is 1. The molecule has 2 saturated heterocycles. The van der Waals surface area contributed by atoms with Crippen LogP contribution < -0.4 is 4.74 Å². The number of benzene rings is 1. The summed E-state index contributed by atoms with van der Waals surface area (Å²) in [6, 6.07) is 6.73. The summed E-state index contributed by atoms with van der Waals surface area (Å²) < 4.78 is 11.1. The molecule has 1 aromatic heterocycles. The van der Waals surface area contributed by atoms with E-state index in [4.69, 9.17) is 9.47 Å². The predicted octanol–water partition coefficient (Wildman–Crippen LogP) is 3.80. The molecule has 5 unspecified atom stereocenters. The highest BCUT2D eigenvalue weighted by Crippen LogP contribution is 2.51. The number of aromatic nitrogens is 1. The maximum Gasteiger partial charge on any atom is 0.311 e. The van der Waals surface area contributed by atoms with E-state index in [2.05, 4.69) is 26.9 Å². The average molecular weight is 440 g/mol. The summed E-state index contributed by atoms with van der Waals surface area (Å²) in [4.78, 5) is 21.0. The van der Waals surface area contributed by atoms with E-state index in [9.17, 15) is 4.79 Å². The van der Waals surface area contributed by atoms with Crippen LogP contribution >= 0.6 is 0 Å². The van der Waals surface area contributed by atoms with E-state index in [-0.39, 0.29) is 5.97 Å². The number of H-pyrrole nitrogens is 1. The maximum absolute atomic E-state index is 12.3. The highest BCUT2D eigenvalue weighted by Gasteiger charge is 2.49. The number of ether oxygens (including phenoxy) is 2. The third kappa shape index (κ3) is 4.20. The van der Waals surface area contributed by atoms with Crippen molar-refractivity contribution in [3.05, 3.63) is 29.5 Å². The number of carbonyl (C=O) groups excluding carboxylic acids is 1. The lowest BCUT2D eigenvalue weighted by atomic mass is 9.65. The molecule has 0 spiro atoms. The molecule has 5 atom stereocenters. The second-order valence-corrected chi connectivity index (χ2v) is 10.3. The zero-order valence-corrected chi connectivity index (χ0v) is 19.7. The minimum atomic E-state index is -0.145. The maximum atomic E-state index is 12.3. The number of rotatable bonds is 8. The molecular formula is C26H37N3O3. The third-order valence-corrected chi connectivity index (χ3v) is 7.87. The van der Waals surface area contributed by atoms with Crippen molar-refractivity contribution in [3.63, 3.8) is 0 Å². The Morgan fingerprint density at radius 1 is 1.28 bits per heavy atom. The Labute approximate surface area is 191 Å². The van der Waals surface area contributed by atoms with Crippen LogP contribution in [0.5, 0.6) is 5.75 Å². The molecule has 4 heterocycles. The Morgan fingerprint density at radius 3 is 2.97 bits per heavy atom. The first-order chi connectivity index (χ1) is 15.5. The second kappa shape index (κ2) is 9.16. The molecule has 3 aliphatic heterocycles. The normalized spacial score (nSPS) is 28.7. The molecule has 3 fully saturated rings. The van der Waals surface area contributed by atoms with E-state index in [1.807, 2.05) is 27.3 Å². The molecule has 1 N–H and O–H groups in total. The van der Waals surface area contributed by atoms with Crippen LogP contribution in [0.3, 0.4) is 0 Å². The van der Waals surface area contributed by atoms with Gasteiger partial charge in [-0.3, -0.25) is 9.69 Å². The standard InChI is InChI=1S/C26H37N3O3/c1-28(2)10-4-5-24(30)32-19-6-7-23-21(15-19)20-8-11-29-16-17-13-18(9-12-31-3)26(29)22(14-17)25(20)27-23/h6-7,15,17-18,22,26-27H,4-5,8-14,16H2,1-3H3. The first-order valence-corrected chi connectivity index (χ1v) is 12.3. The van der Waals surface area contributed by atoms with Crippen molar-refractivity contribution >= 4 is 16.9 Å². The molecule has 4 bridgehead atoms. The second-order valence-electron chi connectivity index (χ2n) is 10.3. The Bertz CT molecular complexity index is 969. The highest BCUT2D eigenvalue weighted by atomic mass is 16.5. The van der Waals surface area contributed by atoms with E-state index in [1.54, 1.807) is 0 Å². The lowest BCUT2D eigenvalue weighted by Crippen LogP contribution is -2.56. The van der Waals surface area contributed by atoms with E-state index in [1.165, 1.54) is 41.5 Å². The zero-order chi connectivity index (χ0) is 22.2. The Hall–Kier alpha value is -1.89. The van der Waals surface area contributed by atoms with Crippen molar-refractivity contribution < 1.29 is 14.3 Å². The number of methoxy groups -OCH3 is 1. The lowest BCUT2D eigenvalue weighted by molar-refractivity contribution is -0.134. The van der Waals surface area contributed by atoms with E-state index < -0.39 is 0 Å². The fraction of sp³-hybridized carbons (Fsp3) is 0.654. The van der Waals surface area contributed by atoms with Gasteiger partial charge in [0.1, 0.15) is 5.75 Å².